The Kier molecular flexibility index (Phi) is 7.49. The molecule has 0 atom stereocenters. The molecule has 0 spiro atoms. The summed E-state index contributed by atoms with van der Waals surface area (Å²) >= 11 is 0. The predicted molar refractivity (Wildman–Crippen MR) is 147 cm³/mol. The van der Waals surface area contributed by atoms with Crippen molar-refractivity contribution in [2.24, 2.45) is 0 Å². The molecule has 0 unspecified atom stereocenters. The van der Waals surface area contributed by atoms with Crippen LogP contribution in [0.15, 0.2) is 79.3 Å². The van der Waals surface area contributed by atoms with E-state index >= 15 is 0 Å². The van der Waals surface area contributed by atoms with Crippen LogP contribution in [0.3, 0.4) is 0 Å². The zero-order valence-electron chi connectivity index (χ0n) is 21.2. The Bertz CT molecular complexity index is 1350. The molecule has 188 valence electrons. The lowest BCUT2D eigenvalue weighted by atomic mass is 10.1. The van der Waals surface area contributed by atoms with Crippen molar-refractivity contribution in [1.29, 1.82) is 0 Å². The van der Waals surface area contributed by atoms with Crippen LogP contribution >= 0.6 is 0 Å². The summed E-state index contributed by atoms with van der Waals surface area (Å²) in [7, 11) is 2.16. The van der Waals surface area contributed by atoms with E-state index in [9.17, 15) is 4.79 Å². The van der Waals surface area contributed by atoms with Gasteiger partial charge in [-0.05, 0) is 73.6 Å². The lowest BCUT2D eigenvalue weighted by Crippen LogP contribution is -2.43. The Balaban J connectivity index is 1.24. The van der Waals surface area contributed by atoms with Gasteiger partial charge in [-0.15, -0.1) is 0 Å². The molecule has 1 amide bonds. The van der Waals surface area contributed by atoms with E-state index in [0.29, 0.717) is 17.2 Å². The molecule has 2 N–H and O–H groups in total. The molecule has 8 heteroatoms. The van der Waals surface area contributed by atoms with Gasteiger partial charge in [-0.3, -0.25) is 14.7 Å². The lowest BCUT2D eigenvalue weighted by molar-refractivity contribution is 0.102. The fraction of sp³-hybridized carbons (Fsp3) is 0.241. The molecule has 1 aliphatic rings. The van der Waals surface area contributed by atoms with Crippen LogP contribution < -0.4 is 10.6 Å². The smallest absolute Gasteiger partial charge is 0.255 e. The Hall–Kier alpha value is -4.14. The van der Waals surface area contributed by atoms with Crippen LogP contribution in [0.4, 0.5) is 17.3 Å². The first-order chi connectivity index (χ1) is 18.0. The molecule has 0 bridgehead atoms. The van der Waals surface area contributed by atoms with Crippen molar-refractivity contribution in [2.45, 2.75) is 13.5 Å². The maximum atomic E-state index is 13.0. The number of aryl methyl sites for hydroxylation is 1. The van der Waals surface area contributed by atoms with Gasteiger partial charge >= 0.3 is 0 Å². The van der Waals surface area contributed by atoms with Gasteiger partial charge in [0.15, 0.2) is 0 Å². The van der Waals surface area contributed by atoms with Gasteiger partial charge in [-0.1, -0.05) is 12.1 Å². The van der Waals surface area contributed by atoms with Crippen LogP contribution in [0.1, 0.15) is 21.5 Å². The number of carbonyl (C=O) groups is 1. The van der Waals surface area contributed by atoms with E-state index in [0.717, 1.165) is 55.2 Å². The third kappa shape index (κ3) is 6.55. The van der Waals surface area contributed by atoms with E-state index in [4.69, 9.17) is 0 Å². The van der Waals surface area contributed by atoms with Gasteiger partial charge < -0.3 is 15.5 Å². The molecule has 1 saturated heterocycles. The number of nitrogens with zero attached hydrogens (tertiary/aromatic N) is 5. The number of likely N-dealkylation sites (N-methyl/N-ethyl adjacent to an activating group) is 1. The second-order valence-corrected chi connectivity index (χ2v) is 9.45. The molecule has 0 aliphatic carbocycles. The van der Waals surface area contributed by atoms with Gasteiger partial charge in [0.2, 0.25) is 5.95 Å². The van der Waals surface area contributed by atoms with Crippen LogP contribution in [-0.2, 0) is 6.54 Å². The molecule has 2 aromatic carbocycles. The first-order valence-electron chi connectivity index (χ1n) is 12.5. The molecule has 37 heavy (non-hydrogen) atoms. The van der Waals surface area contributed by atoms with E-state index in [1.807, 2.05) is 67.6 Å². The SMILES string of the molecule is Cc1cc(NC(=O)c2ccc(CN3CCN(C)CC3)cc2)cc(Nc2nccc(-c3cccnc3)n2)c1. The Morgan fingerprint density at radius 1 is 0.946 bits per heavy atom. The molecule has 1 fully saturated rings. The highest BCUT2D eigenvalue weighted by Gasteiger charge is 2.14. The van der Waals surface area contributed by atoms with Crippen molar-refractivity contribution in [3.8, 4) is 11.3 Å². The zero-order chi connectivity index (χ0) is 25.6. The number of hydrogen-bond donors (Lipinski definition) is 2. The highest BCUT2D eigenvalue weighted by molar-refractivity contribution is 6.04. The number of benzene rings is 2. The Morgan fingerprint density at radius 3 is 2.49 bits per heavy atom. The minimum atomic E-state index is -0.141. The Labute approximate surface area is 217 Å². The van der Waals surface area contributed by atoms with Crippen molar-refractivity contribution >= 4 is 23.2 Å². The number of anilines is 3. The molecule has 1 aliphatic heterocycles. The van der Waals surface area contributed by atoms with Crippen molar-refractivity contribution in [3.05, 3.63) is 95.9 Å². The summed E-state index contributed by atoms with van der Waals surface area (Å²) < 4.78 is 0. The van der Waals surface area contributed by atoms with Crippen LogP contribution in [0.2, 0.25) is 0 Å². The highest BCUT2D eigenvalue weighted by Crippen LogP contribution is 2.23. The minimum absolute atomic E-state index is 0.141. The average Bonchev–Trinajstić information content (AvgIpc) is 2.91. The van der Waals surface area contributed by atoms with E-state index in [1.54, 1.807) is 18.6 Å². The summed E-state index contributed by atoms with van der Waals surface area (Å²) in [5.41, 5.74) is 6.05. The quantitative estimate of drug-likeness (QED) is 0.389. The molecule has 2 aromatic heterocycles. The normalized spacial score (nSPS) is 14.3. The molecular formula is C29H31N7O. The molecule has 4 aromatic rings. The van der Waals surface area contributed by atoms with Gasteiger partial charge in [-0.25, -0.2) is 9.97 Å². The van der Waals surface area contributed by atoms with Crippen molar-refractivity contribution < 1.29 is 4.79 Å². The number of amides is 1. The van der Waals surface area contributed by atoms with Gasteiger partial charge in [-0.2, -0.15) is 0 Å². The van der Waals surface area contributed by atoms with Gasteiger partial charge in [0, 0.05) is 73.8 Å². The second kappa shape index (κ2) is 11.3. The highest BCUT2D eigenvalue weighted by atomic mass is 16.1. The number of aromatic nitrogens is 3. The zero-order valence-corrected chi connectivity index (χ0v) is 21.2. The van der Waals surface area contributed by atoms with E-state index in [-0.39, 0.29) is 5.91 Å². The van der Waals surface area contributed by atoms with Crippen LogP contribution in [0.25, 0.3) is 11.3 Å². The summed E-state index contributed by atoms with van der Waals surface area (Å²) in [6.07, 6.45) is 5.21. The number of rotatable bonds is 7. The number of piperazine rings is 1. The maximum Gasteiger partial charge on any atom is 0.255 e. The third-order valence-electron chi connectivity index (χ3n) is 6.42. The molecule has 5 rings (SSSR count). The molecule has 0 saturated carbocycles. The van der Waals surface area contributed by atoms with Crippen molar-refractivity contribution in [2.75, 3.05) is 43.9 Å². The van der Waals surface area contributed by atoms with Gasteiger partial charge in [0.1, 0.15) is 0 Å². The number of nitrogens with one attached hydrogen (secondary N) is 2. The topological polar surface area (TPSA) is 86.3 Å². The predicted octanol–water partition coefficient (Wildman–Crippen LogP) is 4.59. The summed E-state index contributed by atoms with van der Waals surface area (Å²) in [6, 6.07) is 19.4. The average molecular weight is 494 g/mol. The van der Waals surface area contributed by atoms with Crippen LogP contribution in [0, 0.1) is 6.92 Å². The lowest BCUT2D eigenvalue weighted by Gasteiger charge is -2.32. The number of carbonyl (C=O) groups excluding carboxylic acids is 1. The first-order valence-corrected chi connectivity index (χ1v) is 12.5. The van der Waals surface area contributed by atoms with E-state index in [1.165, 1.54) is 5.56 Å². The molecule has 8 nitrogen and oxygen atoms in total. The maximum absolute atomic E-state index is 13.0. The van der Waals surface area contributed by atoms with Crippen molar-refractivity contribution in [3.63, 3.8) is 0 Å². The first kappa shape index (κ1) is 24.5. The third-order valence-corrected chi connectivity index (χ3v) is 6.42. The monoisotopic (exact) mass is 493 g/mol. The van der Waals surface area contributed by atoms with E-state index < -0.39 is 0 Å². The van der Waals surface area contributed by atoms with Gasteiger partial charge in [0.05, 0.1) is 5.69 Å². The standard InChI is InChI=1S/C29H31N7O/c1-21-16-25(18-26(17-21)33-29-31-11-9-27(34-29)24-4-3-10-30-19-24)32-28(37)23-7-5-22(6-8-23)20-36-14-12-35(2)13-15-36/h3-11,16-19H,12-15,20H2,1-2H3,(H,32,37)(H,31,33,34). The van der Waals surface area contributed by atoms with E-state index in [2.05, 4.69) is 42.4 Å². The van der Waals surface area contributed by atoms with Gasteiger partial charge in [0.25, 0.3) is 5.91 Å². The molecule has 0 radical (unpaired) electrons. The second-order valence-electron chi connectivity index (χ2n) is 9.45. The molecular weight excluding hydrogens is 462 g/mol. The van der Waals surface area contributed by atoms with Crippen LogP contribution in [0.5, 0.6) is 0 Å². The van der Waals surface area contributed by atoms with Crippen LogP contribution in [-0.4, -0.2) is 63.9 Å². The minimum Gasteiger partial charge on any atom is -0.324 e. The summed E-state index contributed by atoms with van der Waals surface area (Å²) in [4.78, 5) is 30.9. The largest absolute Gasteiger partial charge is 0.324 e. The fourth-order valence-electron chi connectivity index (χ4n) is 4.38. The summed E-state index contributed by atoms with van der Waals surface area (Å²) in [5, 5.41) is 6.28. The van der Waals surface area contributed by atoms with Crippen molar-refractivity contribution in [1.82, 2.24) is 24.8 Å². The number of hydrogen-bond acceptors (Lipinski definition) is 7. The Morgan fingerprint density at radius 2 is 1.73 bits per heavy atom. The molecule has 3 heterocycles. The summed E-state index contributed by atoms with van der Waals surface area (Å²) in [5.74, 6) is 0.331. The number of pyridine rings is 1. The fourth-order valence-corrected chi connectivity index (χ4v) is 4.38. The summed E-state index contributed by atoms with van der Waals surface area (Å²) in [6.45, 7) is 7.22.